The van der Waals surface area contributed by atoms with E-state index in [-0.39, 0.29) is 12.2 Å². The summed E-state index contributed by atoms with van der Waals surface area (Å²) >= 11 is 1.90. The minimum Gasteiger partial charge on any atom is -0.390 e. The lowest BCUT2D eigenvalue weighted by molar-refractivity contribution is -0.0256. The molecule has 1 N–H and O–H groups in total. The molecule has 2 nitrogen and oxygen atoms in total. The first kappa shape index (κ1) is 15.3. The van der Waals surface area contributed by atoms with Crippen molar-refractivity contribution in [3.63, 3.8) is 0 Å². The number of hydrogen-bond donors (Lipinski definition) is 1. The predicted octanol–water partition coefficient (Wildman–Crippen LogP) is 3.62. The van der Waals surface area contributed by atoms with Gasteiger partial charge in [-0.1, -0.05) is 51.9 Å². The van der Waals surface area contributed by atoms with Gasteiger partial charge >= 0.3 is 0 Å². The van der Waals surface area contributed by atoms with Crippen LogP contribution in [0.2, 0.25) is 0 Å². The highest BCUT2D eigenvalue weighted by Gasteiger charge is 2.22. The lowest BCUT2D eigenvalue weighted by Crippen LogP contribution is -2.35. The summed E-state index contributed by atoms with van der Waals surface area (Å²) in [6.07, 6.45) is 9.93. The van der Waals surface area contributed by atoms with Crippen LogP contribution in [0.3, 0.4) is 0 Å². The Morgan fingerprint density at radius 3 is 2.53 bits per heavy atom. The van der Waals surface area contributed by atoms with E-state index in [1.54, 1.807) is 0 Å². The van der Waals surface area contributed by atoms with Gasteiger partial charge in [0.2, 0.25) is 0 Å². The second kappa shape index (κ2) is 10.2. The number of thioether (sulfide) groups is 1. The van der Waals surface area contributed by atoms with E-state index in [2.05, 4.69) is 6.92 Å². The van der Waals surface area contributed by atoms with Crippen molar-refractivity contribution in [2.75, 3.05) is 18.1 Å². The molecular weight excluding hydrogens is 232 g/mol. The summed E-state index contributed by atoms with van der Waals surface area (Å²) in [4.78, 5) is 0. The van der Waals surface area contributed by atoms with Gasteiger partial charge in [-0.25, -0.2) is 0 Å². The van der Waals surface area contributed by atoms with Crippen LogP contribution in [-0.2, 0) is 4.74 Å². The summed E-state index contributed by atoms with van der Waals surface area (Å²) in [6.45, 7) is 3.06. The second-order valence-corrected chi connectivity index (χ2v) is 6.11. The predicted molar refractivity (Wildman–Crippen MR) is 75.7 cm³/mol. The Hall–Kier alpha value is 0.270. The van der Waals surface area contributed by atoms with Gasteiger partial charge in [0.25, 0.3) is 0 Å². The SMILES string of the molecule is CCCCCCCCCC(O)C1CSCCO1. The smallest absolute Gasteiger partial charge is 0.0924 e. The standard InChI is InChI=1S/C14H28O2S/c1-2-3-4-5-6-7-8-9-13(15)14-12-17-11-10-16-14/h13-15H,2-12H2,1H3. The highest BCUT2D eigenvalue weighted by molar-refractivity contribution is 7.99. The van der Waals surface area contributed by atoms with Crippen LogP contribution in [0.5, 0.6) is 0 Å². The van der Waals surface area contributed by atoms with Crippen molar-refractivity contribution in [3.8, 4) is 0 Å². The number of unbranched alkanes of at least 4 members (excludes halogenated alkanes) is 6. The summed E-state index contributed by atoms with van der Waals surface area (Å²) in [6, 6.07) is 0. The van der Waals surface area contributed by atoms with E-state index < -0.39 is 0 Å². The number of rotatable bonds is 9. The zero-order chi connectivity index (χ0) is 12.3. The maximum Gasteiger partial charge on any atom is 0.0924 e. The third-order valence-electron chi connectivity index (χ3n) is 3.37. The fourth-order valence-electron chi connectivity index (χ4n) is 2.22. The summed E-state index contributed by atoms with van der Waals surface area (Å²) in [5.74, 6) is 2.05. The van der Waals surface area contributed by atoms with Crippen molar-refractivity contribution < 1.29 is 9.84 Å². The molecule has 1 aliphatic heterocycles. The molecule has 3 heteroatoms. The van der Waals surface area contributed by atoms with Crippen LogP contribution in [0, 0.1) is 0 Å². The number of hydrogen-bond acceptors (Lipinski definition) is 3. The number of ether oxygens (including phenoxy) is 1. The molecule has 0 bridgehead atoms. The van der Waals surface area contributed by atoms with Crippen molar-refractivity contribution in [3.05, 3.63) is 0 Å². The molecule has 2 unspecified atom stereocenters. The fraction of sp³-hybridized carbons (Fsp3) is 1.00. The summed E-state index contributed by atoms with van der Waals surface area (Å²) < 4.78 is 5.58. The number of aliphatic hydroxyl groups excluding tert-OH is 1. The first-order chi connectivity index (χ1) is 8.34. The highest BCUT2D eigenvalue weighted by Crippen LogP contribution is 2.19. The Kier molecular flexibility index (Phi) is 9.21. The van der Waals surface area contributed by atoms with E-state index in [0.29, 0.717) is 0 Å². The highest BCUT2D eigenvalue weighted by atomic mass is 32.2. The minimum absolute atomic E-state index is 0.0915. The lowest BCUT2D eigenvalue weighted by atomic mass is 10.0. The average Bonchev–Trinajstić information content (AvgIpc) is 2.38. The van der Waals surface area contributed by atoms with E-state index in [1.165, 1.54) is 38.5 Å². The maximum absolute atomic E-state index is 9.98. The summed E-state index contributed by atoms with van der Waals surface area (Å²) in [5, 5.41) is 9.98. The van der Waals surface area contributed by atoms with Crippen molar-refractivity contribution in [1.82, 2.24) is 0 Å². The van der Waals surface area contributed by atoms with Crippen LogP contribution in [0.25, 0.3) is 0 Å². The topological polar surface area (TPSA) is 29.5 Å². The lowest BCUT2D eigenvalue weighted by Gasteiger charge is -2.26. The van der Waals surface area contributed by atoms with Crippen LogP contribution in [0.1, 0.15) is 58.3 Å². The zero-order valence-corrected chi connectivity index (χ0v) is 12.0. The molecule has 0 aromatic heterocycles. The molecule has 1 fully saturated rings. The van der Waals surface area contributed by atoms with Gasteiger partial charge in [0.05, 0.1) is 18.8 Å². The number of aliphatic hydroxyl groups is 1. The van der Waals surface area contributed by atoms with Crippen LogP contribution < -0.4 is 0 Å². The van der Waals surface area contributed by atoms with Crippen LogP contribution >= 0.6 is 11.8 Å². The van der Waals surface area contributed by atoms with Gasteiger partial charge < -0.3 is 9.84 Å². The second-order valence-electron chi connectivity index (χ2n) is 4.96. The van der Waals surface area contributed by atoms with Crippen molar-refractivity contribution >= 4 is 11.8 Å². The molecule has 0 amide bonds. The van der Waals surface area contributed by atoms with E-state index in [1.807, 2.05) is 11.8 Å². The quantitative estimate of drug-likeness (QED) is 0.642. The van der Waals surface area contributed by atoms with E-state index in [4.69, 9.17) is 4.74 Å². The summed E-state index contributed by atoms with van der Waals surface area (Å²) in [7, 11) is 0. The van der Waals surface area contributed by atoms with E-state index >= 15 is 0 Å². The minimum atomic E-state index is -0.238. The Labute approximate surface area is 111 Å². The Morgan fingerprint density at radius 2 is 1.88 bits per heavy atom. The van der Waals surface area contributed by atoms with Crippen molar-refractivity contribution in [1.29, 1.82) is 0 Å². The van der Waals surface area contributed by atoms with Crippen molar-refractivity contribution in [2.45, 2.75) is 70.5 Å². The Bertz CT molecular complexity index is 170. The maximum atomic E-state index is 9.98. The molecule has 102 valence electrons. The van der Waals surface area contributed by atoms with Gasteiger partial charge in [-0.2, -0.15) is 11.8 Å². The van der Waals surface area contributed by atoms with Crippen molar-refractivity contribution in [2.24, 2.45) is 0 Å². The molecule has 1 heterocycles. The molecule has 0 aromatic rings. The van der Waals surface area contributed by atoms with Gasteiger partial charge in [0.15, 0.2) is 0 Å². The van der Waals surface area contributed by atoms with Crippen LogP contribution in [-0.4, -0.2) is 35.4 Å². The van der Waals surface area contributed by atoms with E-state index in [0.717, 1.165) is 31.0 Å². The molecule has 1 aliphatic rings. The third-order valence-corrected chi connectivity index (χ3v) is 4.39. The van der Waals surface area contributed by atoms with E-state index in [9.17, 15) is 5.11 Å². The first-order valence-electron chi connectivity index (χ1n) is 7.22. The van der Waals surface area contributed by atoms with Crippen LogP contribution in [0.15, 0.2) is 0 Å². The monoisotopic (exact) mass is 260 g/mol. The summed E-state index contributed by atoms with van der Waals surface area (Å²) in [5.41, 5.74) is 0. The molecule has 0 aliphatic carbocycles. The largest absolute Gasteiger partial charge is 0.390 e. The Balaban J connectivity index is 1.90. The molecule has 17 heavy (non-hydrogen) atoms. The normalized spacial score (nSPS) is 22.6. The third kappa shape index (κ3) is 7.32. The molecule has 0 saturated carbocycles. The molecule has 0 aromatic carbocycles. The van der Waals surface area contributed by atoms with Gasteiger partial charge in [-0.15, -0.1) is 0 Å². The Morgan fingerprint density at radius 1 is 1.18 bits per heavy atom. The average molecular weight is 260 g/mol. The van der Waals surface area contributed by atoms with Gasteiger partial charge in [0.1, 0.15) is 0 Å². The molecule has 1 saturated heterocycles. The molecular formula is C14H28O2S. The molecule has 0 spiro atoms. The van der Waals surface area contributed by atoms with Crippen LogP contribution in [0.4, 0.5) is 0 Å². The molecule has 0 radical (unpaired) electrons. The van der Waals surface area contributed by atoms with Gasteiger partial charge in [-0.3, -0.25) is 0 Å². The van der Waals surface area contributed by atoms with Gasteiger partial charge in [0, 0.05) is 11.5 Å². The molecule has 1 rings (SSSR count). The fourth-order valence-corrected chi connectivity index (χ4v) is 3.16. The first-order valence-corrected chi connectivity index (χ1v) is 8.37. The zero-order valence-electron chi connectivity index (χ0n) is 11.2. The molecule has 2 atom stereocenters. The van der Waals surface area contributed by atoms with Gasteiger partial charge in [-0.05, 0) is 6.42 Å².